The summed E-state index contributed by atoms with van der Waals surface area (Å²) in [6.45, 7) is 1.31. The molecule has 1 aliphatic heterocycles. The molecule has 1 aliphatic rings. The van der Waals surface area contributed by atoms with Gasteiger partial charge >= 0.3 is 0 Å². The molecule has 1 saturated heterocycles. The average Bonchev–Trinajstić information content (AvgIpc) is 2.58. The molecule has 7 heteroatoms. The number of halogens is 1. The van der Waals surface area contributed by atoms with Crippen molar-refractivity contribution in [2.75, 3.05) is 18.5 Å². The lowest BCUT2D eigenvalue weighted by molar-refractivity contribution is 0.0904. The number of H-pyrrole nitrogens is 1. The van der Waals surface area contributed by atoms with E-state index in [1.54, 1.807) is 18.2 Å². The van der Waals surface area contributed by atoms with Crippen LogP contribution >= 0.6 is 0 Å². The molecule has 1 aromatic carbocycles. The van der Waals surface area contributed by atoms with E-state index >= 15 is 0 Å². The van der Waals surface area contributed by atoms with Crippen molar-refractivity contribution in [3.05, 3.63) is 57.4 Å². The van der Waals surface area contributed by atoms with Gasteiger partial charge in [-0.1, -0.05) is 18.2 Å². The molecule has 0 atom stereocenters. The van der Waals surface area contributed by atoms with Crippen molar-refractivity contribution in [1.29, 1.82) is 5.41 Å². The Morgan fingerprint density at radius 3 is 2.83 bits per heavy atom. The lowest BCUT2D eigenvalue weighted by Crippen LogP contribution is -2.30. The first-order valence-electron chi connectivity index (χ1n) is 7.88. The summed E-state index contributed by atoms with van der Waals surface area (Å²) < 4.78 is 19.1. The first-order chi connectivity index (χ1) is 11.7. The van der Waals surface area contributed by atoms with E-state index in [-0.39, 0.29) is 23.8 Å². The van der Waals surface area contributed by atoms with Crippen molar-refractivity contribution in [2.45, 2.75) is 25.3 Å². The van der Waals surface area contributed by atoms with Crippen LogP contribution < -0.4 is 10.9 Å². The van der Waals surface area contributed by atoms with E-state index in [1.165, 1.54) is 6.07 Å². The summed E-state index contributed by atoms with van der Waals surface area (Å²) >= 11 is 0. The predicted octanol–water partition coefficient (Wildman–Crippen LogP) is 2.09. The number of rotatable bonds is 5. The van der Waals surface area contributed by atoms with Crippen LogP contribution in [0.15, 0.2) is 29.1 Å². The minimum absolute atomic E-state index is 0.146. The molecule has 0 bridgehead atoms. The monoisotopic (exact) mass is 330 g/mol. The highest BCUT2D eigenvalue weighted by molar-refractivity contribution is 5.83. The van der Waals surface area contributed by atoms with Gasteiger partial charge in [-0.25, -0.2) is 9.37 Å². The van der Waals surface area contributed by atoms with Crippen LogP contribution in [0, 0.1) is 11.2 Å². The van der Waals surface area contributed by atoms with Crippen LogP contribution in [-0.2, 0) is 11.2 Å². The Morgan fingerprint density at radius 1 is 1.38 bits per heavy atom. The molecule has 1 aromatic heterocycles. The molecule has 3 N–H and O–H groups in total. The molecular weight excluding hydrogens is 311 g/mol. The molecule has 0 saturated carbocycles. The Hall–Kier alpha value is -2.54. The van der Waals surface area contributed by atoms with E-state index in [4.69, 9.17) is 10.1 Å². The SMILES string of the molecule is N=Cc1c(NC2CCOCC2)nc(Cc2ccccc2F)[nH]c1=O. The molecule has 0 radical (unpaired) electrons. The molecule has 0 unspecified atom stereocenters. The van der Waals surface area contributed by atoms with Gasteiger partial charge in [-0.3, -0.25) is 4.79 Å². The van der Waals surface area contributed by atoms with Gasteiger partial charge < -0.3 is 20.4 Å². The Kier molecular flexibility index (Phi) is 5.00. The topological polar surface area (TPSA) is 90.9 Å². The molecule has 1 fully saturated rings. The Balaban J connectivity index is 1.89. The number of aromatic amines is 1. The van der Waals surface area contributed by atoms with Gasteiger partial charge in [-0.05, 0) is 24.5 Å². The summed E-state index contributed by atoms with van der Waals surface area (Å²) in [6, 6.07) is 6.54. The molecule has 3 rings (SSSR count). The van der Waals surface area contributed by atoms with Crippen LogP contribution in [0.1, 0.15) is 29.8 Å². The van der Waals surface area contributed by atoms with Crippen molar-refractivity contribution >= 4 is 12.0 Å². The first kappa shape index (κ1) is 16.3. The van der Waals surface area contributed by atoms with Crippen LogP contribution in [0.25, 0.3) is 0 Å². The fraction of sp³-hybridized carbons (Fsp3) is 0.353. The highest BCUT2D eigenvalue weighted by atomic mass is 19.1. The van der Waals surface area contributed by atoms with Gasteiger partial charge in [0, 0.05) is 31.9 Å². The van der Waals surface area contributed by atoms with E-state index < -0.39 is 5.56 Å². The lowest BCUT2D eigenvalue weighted by Gasteiger charge is -2.24. The van der Waals surface area contributed by atoms with Crippen LogP contribution in [0.3, 0.4) is 0 Å². The number of aromatic nitrogens is 2. The Morgan fingerprint density at radius 2 is 2.12 bits per heavy atom. The van der Waals surface area contributed by atoms with Crippen molar-refractivity contribution in [3.8, 4) is 0 Å². The average molecular weight is 330 g/mol. The van der Waals surface area contributed by atoms with Crippen molar-refractivity contribution < 1.29 is 9.13 Å². The van der Waals surface area contributed by atoms with Gasteiger partial charge in [0.2, 0.25) is 0 Å². The van der Waals surface area contributed by atoms with Gasteiger partial charge in [-0.2, -0.15) is 0 Å². The zero-order valence-electron chi connectivity index (χ0n) is 13.1. The number of nitrogens with zero attached hydrogens (tertiary/aromatic N) is 1. The third-order valence-corrected chi connectivity index (χ3v) is 4.03. The van der Waals surface area contributed by atoms with E-state index in [2.05, 4.69) is 15.3 Å². The van der Waals surface area contributed by atoms with E-state index in [9.17, 15) is 9.18 Å². The predicted molar refractivity (Wildman–Crippen MR) is 89.4 cm³/mol. The molecule has 0 spiro atoms. The summed E-state index contributed by atoms with van der Waals surface area (Å²) in [4.78, 5) is 19.2. The lowest BCUT2D eigenvalue weighted by atomic mass is 10.1. The molecule has 2 heterocycles. The molecule has 0 aliphatic carbocycles. The van der Waals surface area contributed by atoms with Crippen molar-refractivity contribution in [1.82, 2.24) is 9.97 Å². The number of hydrogen-bond donors (Lipinski definition) is 3. The third kappa shape index (κ3) is 3.68. The van der Waals surface area contributed by atoms with Gasteiger partial charge in [-0.15, -0.1) is 0 Å². The van der Waals surface area contributed by atoms with Crippen LogP contribution in [-0.4, -0.2) is 35.4 Å². The second-order valence-corrected chi connectivity index (χ2v) is 5.72. The number of ether oxygens (including phenoxy) is 1. The summed E-state index contributed by atoms with van der Waals surface area (Å²) in [7, 11) is 0. The molecule has 24 heavy (non-hydrogen) atoms. The fourth-order valence-corrected chi connectivity index (χ4v) is 2.71. The van der Waals surface area contributed by atoms with E-state index in [0.29, 0.717) is 30.4 Å². The van der Waals surface area contributed by atoms with Crippen molar-refractivity contribution in [3.63, 3.8) is 0 Å². The van der Waals surface area contributed by atoms with Gasteiger partial charge in [0.1, 0.15) is 17.5 Å². The Bertz CT molecular complexity index is 784. The number of anilines is 1. The van der Waals surface area contributed by atoms with Gasteiger partial charge in [0.05, 0.1) is 5.56 Å². The first-order valence-corrected chi connectivity index (χ1v) is 7.88. The smallest absolute Gasteiger partial charge is 0.261 e. The zero-order chi connectivity index (χ0) is 16.9. The largest absolute Gasteiger partial charge is 0.381 e. The van der Waals surface area contributed by atoms with E-state index in [1.807, 2.05) is 0 Å². The summed E-state index contributed by atoms with van der Waals surface area (Å²) in [5, 5.41) is 10.7. The van der Waals surface area contributed by atoms with Crippen molar-refractivity contribution in [2.24, 2.45) is 0 Å². The maximum atomic E-state index is 13.8. The molecule has 6 nitrogen and oxygen atoms in total. The number of benzene rings is 1. The second kappa shape index (κ2) is 7.35. The standard InChI is InChI=1S/C17H19FN4O2/c18-14-4-2-1-3-11(14)9-15-21-16(13(10-19)17(23)22-15)20-12-5-7-24-8-6-12/h1-4,10,12,19H,5-9H2,(H2,20,21,22,23). The number of hydrogen-bond acceptors (Lipinski definition) is 5. The Labute approximate surface area is 138 Å². The highest BCUT2D eigenvalue weighted by Gasteiger charge is 2.18. The minimum atomic E-state index is -0.402. The molecule has 126 valence electrons. The van der Waals surface area contributed by atoms with Gasteiger partial charge in [0.25, 0.3) is 5.56 Å². The normalized spacial score (nSPS) is 15.2. The molecule has 2 aromatic rings. The summed E-state index contributed by atoms with van der Waals surface area (Å²) in [5.74, 6) is 0.396. The maximum absolute atomic E-state index is 13.8. The zero-order valence-corrected chi connectivity index (χ0v) is 13.1. The fourth-order valence-electron chi connectivity index (χ4n) is 2.71. The highest BCUT2D eigenvalue weighted by Crippen LogP contribution is 2.16. The third-order valence-electron chi connectivity index (χ3n) is 4.03. The van der Waals surface area contributed by atoms with Gasteiger partial charge in [0.15, 0.2) is 0 Å². The molecule has 0 amide bonds. The summed E-state index contributed by atoms with van der Waals surface area (Å²) in [5.41, 5.74) is 0.236. The van der Waals surface area contributed by atoms with Crippen LogP contribution in [0.2, 0.25) is 0 Å². The van der Waals surface area contributed by atoms with E-state index in [0.717, 1.165) is 19.1 Å². The quantitative estimate of drug-likeness (QED) is 0.732. The minimum Gasteiger partial charge on any atom is -0.381 e. The van der Waals surface area contributed by atoms with Crippen LogP contribution in [0.4, 0.5) is 10.2 Å². The number of nitrogens with one attached hydrogen (secondary N) is 3. The molecular formula is C17H19FN4O2. The maximum Gasteiger partial charge on any atom is 0.261 e. The second-order valence-electron chi connectivity index (χ2n) is 5.72. The van der Waals surface area contributed by atoms with Crippen LogP contribution in [0.5, 0.6) is 0 Å². The summed E-state index contributed by atoms with van der Waals surface area (Å²) in [6.07, 6.45) is 2.80.